The van der Waals surface area contributed by atoms with Crippen molar-refractivity contribution in [2.24, 2.45) is 0 Å². The molecule has 1 unspecified atom stereocenters. The van der Waals surface area contributed by atoms with Crippen LogP contribution in [0.15, 0.2) is 47.8 Å². The van der Waals surface area contributed by atoms with E-state index in [1.807, 2.05) is 6.92 Å². The summed E-state index contributed by atoms with van der Waals surface area (Å²) in [6.45, 7) is 1.87. The fourth-order valence-electron chi connectivity index (χ4n) is 2.73. The van der Waals surface area contributed by atoms with E-state index in [2.05, 4.69) is 14.7 Å². The Morgan fingerprint density at radius 3 is 2.31 bits per heavy atom. The number of rotatable bonds is 6. The molecule has 3 rings (SSSR count). The van der Waals surface area contributed by atoms with Crippen LogP contribution in [0.5, 0.6) is 0 Å². The second-order valence-corrected chi connectivity index (χ2v) is 7.55. The molecule has 0 aromatic carbocycles. The van der Waals surface area contributed by atoms with Crippen LogP contribution in [-0.4, -0.2) is 30.2 Å². The van der Waals surface area contributed by atoms with Gasteiger partial charge in [0.15, 0.2) is 0 Å². The summed E-state index contributed by atoms with van der Waals surface area (Å²) < 4.78 is 27.9. The second kappa shape index (κ2) is 7.30. The van der Waals surface area contributed by atoms with Crippen LogP contribution in [0.4, 0.5) is 5.82 Å². The molecule has 0 spiro atoms. The molecule has 0 bridgehead atoms. The van der Waals surface area contributed by atoms with E-state index in [1.54, 1.807) is 24.5 Å². The molecule has 0 aliphatic carbocycles. The Bertz CT molecular complexity index is 898. The quantitative estimate of drug-likeness (QED) is 0.769. The van der Waals surface area contributed by atoms with Gasteiger partial charge in [0.05, 0.1) is 0 Å². The average molecular weight is 374 g/mol. The molecule has 26 heavy (non-hydrogen) atoms. The zero-order chi connectivity index (χ0) is 18.7. The number of carbonyl (C=O) groups is 2. The highest BCUT2D eigenvalue weighted by molar-refractivity contribution is 7.89. The van der Waals surface area contributed by atoms with Gasteiger partial charge in [-0.15, -0.1) is 0 Å². The van der Waals surface area contributed by atoms with E-state index in [4.69, 9.17) is 0 Å². The summed E-state index contributed by atoms with van der Waals surface area (Å²) in [6, 6.07) is 5.81. The molecule has 3 heterocycles. The lowest BCUT2D eigenvalue weighted by atomic mass is 10.1. The Morgan fingerprint density at radius 1 is 1.12 bits per heavy atom. The molecule has 8 nitrogen and oxygen atoms in total. The number of aromatic nitrogens is 2. The molecule has 0 radical (unpaired) electrons. The van der Waals surface area contributed by atoms with Gasteiger partial charge in [0.25, 0.3) is 0 Å². The third kappa shape index (κ3) is 3.63. The number of carbonyl (C=O) groups excluding carboxylic acids is 2. The van der Waals surface area contributed by atoms with E-state index in [1.165, 1.54) is 12.1 Å². The first kappa shape index (κ1) is 18.2. The van der Waals surface area contributed by atoms with Crippen molar-refractivity contribution in [2.45, 2.75) is 37.1 Å². The van der Waals surface area contributed by atoms with E-state index in [-0.39, 0.29) is 35.4 Å². The normalized spacial score (nSPS) is 16.1. The van der Waals surface area contributed by atoms with E-state index in [0.29, 0.717) is 6.42 Å². The molecular weight excluding hydrogens is 356 g/mol. The molecule has 1 aliphatic rings. The van der Waals surface area contributed by atoms with Crippen molar-refractivity contribution in [1.29, 1.82) is 0 Å². The van der Waals surface area contributed by atoms with Crippen LogP contribution in [0.1, 0.15) is 37.8 Å². The molecule has 9 heteroatoms. The molecule has 2 amide bonds. The van der Waals surface area contributed by atoms with Gasteiger partial charge in [-0.2, -0.15) is 0 Å². The summed E-state index contributed by atoms with van der Waals surface area (Å²) in [5, 5.41) is 0. The SMILES string of the molecule is CCC(NS(=O)(=O)c1ccc(N2C(=O)CCC2=O)nc1)c1ccncc1. The van der Waals surface area contributed by atoms with Crippen molar-refractivity contribution in [3.8, 4) is 0 Å². The monoisotopic (exact) mass is 374 g/mol. The van der Waals surface area contributed by atoms with Gasteiger partial charge in [0, 0.05) is 37.5 Å². The molecule has 2 aromatic heterocycles. The molecule has 1 N–H and O–H groups in total. The number of imide groups is 1. The molecule has 1 atom stereocenters. The molecular formula is C17H18N4O4S. The van der Waals surface area contributed by atoms with Crippen molar-refractivity contribution >= 4 is 27.7 Å². The predicted molar refractivity (Wildman–Crippen MR) is 93.6 cm³/mol. The van der Waals surface area contributed by atoms with Gasteiger partial charge in [-0.3, -0.25) is 14.6 Å². The van der Waals surface area contributed by atoms with Crippen LogP contribution in [-0.2, 0) is 19.6 Å². The standard InChI is InChI=1S/C17H18N4O4S/c1-2-14(12-7-9-18-10-8-12)20-26(24,25)13-3-4-15(19-11-13)21-16(22)5-6-17(21)23/h3-4,7-11,14,20H,2,5-6H2,1H3. The lowest BCUT2D eigenvalue weighted by Crippen LogP contribution is -2.30. The Balaban J connectivity index is 1.81. The Morgan fingerprint density at radius 2 is 1.77 bits per heavy atom. The van der Waals surface area contributed by atoms with E-state index in [9.17, 15) is 18.0 Å². The van der Waals surface area contributed by atoms with Gasteiger partial charge in [-0.05, 0) is 36.2 Å². The van der Waals surface area contributed by atoms with Crippen molar-refractivity contribution in [3.05, 3.63) is 48.4 Å². The highest BCUT2D eigenvalue weighted by atomic mass is 32.2. The molecule has 0 saturated carbocycles. The molecule has 1 aliphatic heterocycles. The number of nitrogens with zero attached hydrogens (tertiary/aromatic N) is 3. The van der Waals surface area contributed by atoms with Gasteiger partial charge in [-0.1, -0.05) is 6.92 Å². The van der Waals surface area contributed by atoms with E-state index in [0.717, 1.165) is 16.7 Å². The minimum absolute atomic E-state index is 0.0344. The van der Waals surface area contributed by atoms with Crippen LogP contribution >= 0.6 is 0 Å². The zero-order valence-electron chi connectivity index (χ0n) is 14.1. The summed E-state index contributed by atoms with van der Waals surface area (Å²) >= 11 is 0. The van der Waals surface area contributed by atoms with Gasteiger partial charge in [0.1, 0.15) is 10.7 Å². The lowest BCUT2D eigenvalue weighted by molar-refractivity contribution is -0.121. The number of nitrogens with one attached hydrogen (secondary N) is 1. The fraction of sp³-hybridized carbons (Fsp3) is 0.294. The smallest absolute Gasteiger partial charge is 0.242 e. The van der Waals surface area contributed by atoms with E-state index >= 15 is 0 Å². The van der Waals surface area contributed by atoms with Crippen molar-refractivity contribution in [3.63, 3.8) is 0 Å². The van der Waals surface area contributed by atoms with Crippen LogP contribution in [0.25, 0.3) is 0 Å². The number of anilines is 1. The molecule has 2 aromatic rings. The maximum absolute atomic E-state index is 12.6. The second-order valence-electron chi connectivity index (χ2n) is 5.84. The average Bonchev–Trinajstić information content (AvgIpc) is 2.99. The first-order valence-electron chi connectivity index (χ1n) is 8.16. The Hall–Kier alpha value is -2.65. The molecule has 1 saturated heterocycles. The Labute approximate surface area is 151 Å². The van der Waals surface area contributed by atoms with Gasteiger partial charge in [-0.25, -0.2) is 23.0 Å². The highest BCUT2D eigenvalue weighted by Crippen LogP contribution is 2.23. The summed E-state index contributed by atoms with van der Waals surface area (Å²) in [6.07, 6.45) is 5.21. The number of hydrogen-bond donors (Lipinski definition) is 1. The van der Waals surface area contributed by atoms with Crippen LogP contribution in [0, 0.1) is 0 Å². The molecule has 1 fully saturated rings. The fourth-order valence-corrected chi connectivity index (χ4v) is 3.99. The summed E-state index contributed by atoms with van der Waals surface area (Å²) in [7, 11) is -3.81. The summed E-state index contributed by atoms with van der Waals surface area (Å²) in [5.41, 5.74) is 0.809. The maximum Gasteiger partial charge on any atom is 0.242 e. The zero-order valence-corrected chi connectivity index (χ0v) is 14.9. The van der Waals surface area contributed by atoms with Gasteiger partial charge in [0.2, 0.25) is 21.8 Å². The number of amides is 2. The first-order chi connectivity index (χ1) is 12.4. The van der Waals surface area contributed by atoms with Gasteiger partial charge < -0.3 is 0 Å². The minimum atomic E-state index is -3.81. The van der Waals surface area contributed by atoms with Crippen molar-refractivity contribution in [1.82, 2.24) is 14.7 Å². The molecule has 136 valence electrons. The van der Waals surface area contributed by atoms with Crippen LogP contribution in [0.2, 0.25) is 0 Å². The van der Waals surface area contributed by atoms with E-state index < -0.39 is 16.1 Å². The predicted octanol–water partition coefficient (Wildman–Crippen LogP) is 1.56. The van der Waals surface area contributed by atoms with Crippen molar-refractivity contribution < 1.29 is 18.0 Å². The largest absolute Gasteiger partial charge is 0.274 e. The first-order valence-corrected chi connectivity index (χ1v) is 9.65. The Kier molecular flexibility index (Phi) is 5.10. The highest BCUT2D eigenvalue weighted by Gasteiger charge is 2.31. The lowest BCUT2D eigenvalue weighted by Gasteiger charge is -2.18. The van der Waals surface area contributed by atoms with Crippen molar-refractivity contribution in [2.75, 3.05) is 4.90 Å². The summed E-state index contributed by atoms with van der Waals surface area (Å²) in [5.74, 6) is -0.530. The number of pyridine rings is 2. The van der Waals surface area contributed by atoms with Crippen LogP contribution in [0.3, 0.4) is 0 Å². The third-order valence-corrected chi connectivity index (χ3v) is 5.58. The number of hydrogen-bond acceptors (Lipinski definition) is 6. The van der Waals surface area contributed by atoms with Gasteiger partial charge >= 0.3 is 0 Å². The third-order valence-electron chi connectivity index (χ3n) is 4.13. The maximum atomic E-state index is 12.6. The number of sulfonamides is 1. The topological polar surface area (TPSA) is 109 Å². The minimum Gasteiger partial charge on any atom is -0.274 e. The van der Waals surface area contributed by atoms with Crippen LogP contribution < -0.4 is 9.62 Å². The summed E-state index contributed by atoms with van der Waals surface area (Å²) in [4.78, 5) is 32.3.